The van der Waals surface area contributed by atoms with E-state index in [1.54, 1.807) is 0 Å². The lowest BCUT2D eigenvalue weighted by molar-refractivity contribution is 0.267. The van der Waals surface area contributed by atoms with Crippen LogP contribution in [-0.4, -0.2) is 35.7 Å². The molecular weight excluding hydrogens is 254 g/mol. The summed E-state index contributed by atoms with van der Waals surface area (Å²) in [5.41, 5.74) is 1.25. The van der Waals surface area contributed by atoms with Gasteiger partial charge in [0, 0.05) is 19.1 Å². The number of hydrogen-bond acceptors (Lipinski definition) is 2. The number of nitrogens with one attached hydrogen (secondary N) is 2. The first kappa shape index (κ1) is 14.3. The summed E-state index contributed by atoms with van der Waals surface area (Å²) in [6, 6.07) is 11.0. The van der Waals surface area contributed by atoms with Crippen LogP contribution >= 0.6 is 12.2 Å². The zero-order valence-corrected chi connectivity index (χ0v) is 12.4. The van der Waals surface area contributed by atoms with Crippen molar-refractivity contribution in [2.45, 2.75) is 32.4 Å². The second kappa shape index (κ2) is 7.46. The number of rotatable bonds is 5. The number of thiocarbonyl (C=S) groups is 1. The molecule has 1 aromatic rings. The first-order valence-electron chi connectivity index (χ1n) is 7.09. The maximum absolute atomic E-state index is 5.32. The lowest BCUT2D eigenvalue weighted by atomic mass is 10.2. The van der Waals surface area contributed by atoms with E-state index in [9.17, 15) is 0 Å². The minimum atomic E-state index is 0.640. The van der Waals surface area contributed by atoms with Crippen LogP contribution in [-0.2, 0) is 6.54 Å². The van der Waals surface area contributed by atoms with Crippen molar-refractivity contribution >= 4 is 17.3 Å². The Morgan fingerprint density at radius 3 is 2.84 bits per heavy atom. The van der Waals surface area contributed by atoms with E-state index in [0.29, 0.717) is 6.04 Å². The van der Waals surface area contributed by atoms with Crippen LogP contribution in [0.4, 0.5) is 0 Å². The molecule has 1 fully saturated rings. The number of benzene rings is 1. The van der Waals surface area contributed by atoms with Gasteiger partial charge in [0.2, 0.25) is 0 Å². The summed E-state index contributed by atoms with van der Waals surface area (Å²) in [4.78, 5) is 2.52. The largest absolute Gasteiger partial charge is 0.361 e. The molecule has 1 aromatic carbocycles. The fourth-order valence-electron chi connectivity index (χ4n) is 2.59. The van der Waals surface area contributed by atoms with Gasteiger partial charge in [-0.3, -0.25) is 4.90 Å². The van der Waals surface area contributed by atoms with Crippen molar-refractivity contribution in [1.29, 1.82) is 0 Å². The predicted octanol–water partition coefficient (Wildman–Crippen LogP) is 2.13. The maximum Gasteiger partial charge on any atom is 0.166 e. The van der Waals surface area contributed by atoms with E-state index in [2.05, 4.69) is 34.6 Å². The molecule has 1 aliphatic heterocycles. The van der Waals surface area contributed by atoms with E-state index in [4.69, 9.17) is 12.2 Å². The van der Waals surface area contributed by atoms with Crippen LogP contribution < -0.4 is 10.6 Å². The van der Waals surface area contributed by atoms with Crippen LogP contribution in [0.5, 0.6) is 0 Å². The van der Waals surface area contributed by atoms with Gasteiger partial charge in [0.15, 0.2) is 5.11 Å². The molecule has 0 aromatic heterocycles. The zero-order valence-electron chi connectivity index (χ0n) is 11.6. The molecule has 1 aliphatic rings. The molecule has 0 radical (unpaired) electrons. The molecule has 104 valence electrons. The third-order valence-corrected chi connectivity index (χ3v) is 3.99. The van der Waals surface area contributed by atoms with Gasteiger partial charge < -0.3 is 10.6 Å². The Balaban J connectivity index is 1.67. The summed E-state index contributed by atoms with van der Waals surface area (Å²) in [5, 5.41) is 7.35. The van der Waals surface area contributed by atoms with Crippen molar-refractivity contribution in [2.24, 2.45) is 0 Å². The third kappa shape index (κ3) is 4.48. The summed E-state index contributed by atoms with van der Waals surface area (Å²) < 4.78 is 0. The first-order chi connectivity index (χ1) is 9.29. The van der Waals surface area contributed by atoms with Crippen molar-refractivity contribution in [2.75, 3.05) is 19.6 Å². The number of likely N-dealkylation sites (tertiary alicyclic amines) is 1. The van der Waals surface area contributed by atoms with Crippen molar-refractivity contribution < 1.29 is 0 Å². The van der Waals surface area contributed by atoms with Crippen LogP contribution in [0.3, 0.4) is 0 Å². The Morgan fingerprint density at radius 1 is 1.32 bits per heavy atom. The molecule has 0 saturated carbocycles. The average Bonchev–Trinajstić information content (AvgIpc) is 2.91. The van der Waals surface area contributed by atoms with Crippen LogP contribution in [0.25, 0.3) is 0 Å². The summed E-state index contributed by atoms with van der Waals surface area (Å²) in [6.07, 6.45) is 2.59. The van der Waals surface area contributed by atoms with Gasteiger partial charge in [-0.15, -0.1) is 0 Å². The summed E-state index contributed by atoms with van der Waals surface area (Å²) in [7, 11) is 0. The van der Waals surface area contributed by atoms with Crippen molar-refractivity contribution in [3.8, 4) is 0 Å². The molecule has 0 spiro atoms. The van der Waals surface area contributed by atoms with Gasteiger partial charge in [-0.05, 0) is 43.7 Å². The molecule has 3 nitrogen and oxygen atoms in total. The lowest BCUT2D eigenvalue weighted by Crippen LogP contribution is -2.43. The highest BCUT2D eigenvalue weighted by Gasteiger charge is 2.22. The SMILES string of the molecule is CCN1CCC[C@@H]1CNC(=S)NCc1ccccc1. The highest BCUT2D eigenvalue weighted by molar-refractivity contribution is 7.80. The molecule has 4 heteroatoms. The molecule has 0 aliphatic carbocycles. The van der Waals surface area contributed by atoms with Gasteiger partial charge >= 0.3 is 0 Å². The van der Waals surface area contributed by atoms with Crippen molar-refractivity contribution in [3.63, 3.8) is 0 Å². The van der Waals surface area contributed by atoms with E-state index in [1.165, 1.54) is 24.9 Å². The molecule has 2 N–H and O–H groups in total. The molecule has 0 unspecified atom stereocenters. The normalized spacial score (nSPS) is 19.3. The summed E-state index contributed by atoms with van der Waals surface area (Å²) in [5.74, 6) is 0. The Hall–Kier alpha value is -1.13. The molecule has 2 rings (SSSR count). The fraction of sp³-hybridized carbons (Fsp3) is 0.533. The number of hydrogen-bond donors (Lipinski definition) is 2. The smallest absolute Gasteiger partial charge is 0.166 e. The number of nitrogens with zero attached hydrogens (tertiary/aromatic N) is 1. The molecule has 1 atom stereocenters. The summed E-state index contributed by atoms with van der Waals surface area (Å²) in [6.45, 7) is 6.33. The second-order valence-electron chi connectivity index (χ2n) is 4.97. The van der Waals surface area contributed by atoms with Crippen LogP contribution in [0.1, 0.15) is 25.3 Å². The molecule has 1 saturated heterocycles. The molecule has 19 heavy (non-hydrogen) atoms. The van der Waals surface area contributed by atoms with Gasteiger partial charge in [0.25, 0.3) is 0 Å². The topological polar surface area (TPSA) is 27.3 Å². The zero-order chi connectivity index (χ0) is 13.5. The predicted molar refractivity (Wildman–Crippen MR) is 84.2 cm³/mol. The van der Waals surface area contributed by atoms with Crippen LogP contribution in [0.2, 0.25) is 0 Å². The Labute approximate surface area is 121 Å². The number of likely N-dealkylation sites (N-methyl/N-ethyl adjacent to an activating group) is 1. The van der Waals surface area contributed by atoms with E-state index in [-0.39, 0.29) is 0 Å². The van der Waals surface area contributed by atoms with Gasteiger partial charge in [-0.2, -0.15) is 0 Å². The molecule has 1 heterocycles. The highest BCUT2D eigenvalue weighted by atomic mass is 32.1. The van der Waals surface area contributed by atoms with E-state index < -0.39 is 0 Å². The van der Waals surface area contributed by atoms with E-state index in [1.807, 2.05) is 18.2 Å². The van der Waals surface area contributed by atoms with Gasteiger partial charge in [0.1, 0.15) is 0 Å². The maximum atomic E-state index is 5.32. The average molecular weight is 277 g/mol. The highest BCUT2D eigenvalue weighted by Crippen LogP contribution is 2.15. The van der Waals surface area contributed by atoms with Crippen molar-refractivity contribution in [3.05, 3.63) is 35.9 Å². The van der Waals surface area contributed by atoms with E-state index in [0.717, 1.165) is 24.7 Å². The third-order valence-electron chi connectivity index (χ3n) is 3.70. The quantitative estimate of drug-likeness (QED) is 0.806. The molecule has 0 amide bonds. The minimum absolute atomic E-state index is 0.640. The van der Waals surface area contributed by atoms with Gasteiger partial charge in [-0.1, -0.05) is 37.3 Å². The minimum Gasteiger partial charge on any atom is -0.361 e. The Morgan fingerprint density at radius 2 is 2.11 bits per heavy atom. The van der Waals surface area contributed by atoms with Gasteiger partial charge in [-0.25, -0.2) is 0 Å². The van der Waals surface area contributed by atoms with E-state index >= 15 is 0 Å². The van der Waals surface area contributed by atoms with Crippen LogP contribution in [0, 0.1) is 0 Å². The van der Waals surface area contributed by atoms with Crippen molar-refractivity contribution in [1.82, 2.24) is 15.5 Å². The Bertz CT molecular complexity index is 394. The molecular formula is C15H23N3S. The lowest BCUT2D eigenvalue weighted by Gasteiger charge is -2.23. The summed E-state index contributed by atoms with van der Waals surface area (Å²) >= 11 is 5.32. The Kier molecular flexibility index (Phi) is 5.61. The van der Waals surface area contributed by atoms with Crippen LogP contribution in [0.15, 0.2) is 30.3 Å². The van der Waals surface area contributed by atoms with Gasteiger partial charge in [0.05, 0.1) is 0 Å². The monoisotopic (exact) mass is 277 g/mol. The fourth-order valence-corrected chi connectivity index (χ4v) is 2.75. The first-order valence-corrected chi connectivity index (χ1v) is 7.50. The standard InChI is InChI=1S/C15H23N3S/c1-2-18-10-6-9-14(18)12-17-15(19)16-11-13-7-4-3-5-8-13/h3-5,7-8,14H,2,6,9-12H2,1H3,(H2,16,17,19)/t14-/m1/s1. The molecule has 0 bridgehead atoms. The second-order valence-corrected chi connectivity index (χ2v) is 5.38.